The second-order valence-electron chi connectivity index (χ2n) is 6.54. The van der Waals surface area contributed by atoms with Crippen LogP contribution in [0.2, 0.25) is 5.02 Å². The number of nitrogens with zero attached hydrogens (tertiary/aromatic N) is 2. The first kappa shape index (κ1) is 19.4. The normalized spacial score (nSPS) is 16.4. The Balaban J connectivity index is 1.97. The van der Waals surface area contributed by atoms with E-state index in [2.05, 4.69) is 4.99 Å². The van der Waals surface area contributed by atoms with Gasteiger partial charge in [0.15, 0.2) is 4.80 Å². The third-order valence-electron chi connectivity index (χ3n) is 4.71. The van der Waals surface area contributed by atoms with Crippen LogP contribution in [0.1, 0.15) is 24.1 Å². The minimum atomic E-state index is -0.590. The van der Waals surface area contributed by atoms with Crippen molar-refractivity contribution in [2.24, 2.45) is 4.99 Å². The molecule has 1 aliphatic heterocycles. The van der Waals surface area contributed by atoms with Gasteiger partial charge in [0.25, 0.3) is 5.56 Å². The number of fused-ring (bicyclic) bond motifs is 1. The molecule has 0 saturated heterocycles. The number of benzene rings is 2. The van der Waals surface area contributed by atoms with Gasteiger partial charge in [-0.25, -0.2) is 9.79 Å². The third-order valence-corrected chi connectivity index (χ3v) is 5.94. The summed E-state index contributed by atoms with van der Waals surface area (Å²) in [5, 5.41) is 0.631. The lowest BCUT2D eigenvalue weighted by molar-refractivity contribution is -0.136. The van der Waals surface area contributed by atoms with Crippen LogP contribution >= 0.6 is 22.9 Å². The Kier molecular flexibility index (Phi) is 5.22. The molecule has 4 rings (SSSR count). The number of ether oxygens (including phenoxy) is 1. The van der Waals surface area contributed by atoms with E-state index in [0.717, 1.165) is 11.1 Å². The van der Waals surface area contributed by atoms with E-state index in [1.54, 1.807) is 29.7 Å². The quantitative estimate of drug-likeness (QED) is 0.607. The smallest absolute Gasteiger partial charge is 0.338 e. The molecule has 1 aliphatic rings. The minimum absolute atomic E-state index is 0.202. The molecule has 29 heavy (non-hydrogen) atoms. The van der Waals surface area contributed by atoms with Gasteiger partial charge in [-0.05, 0) is 36.3 Å². The highest BCUT2D eigenvalue weighted by atomic mass is 35.5. The van der Waals surface area contributed by atoms with E-state index in [-0.39, 0.29) is 5.56 Å². The van der Waals surface area contributed by atoms with Crippen molar-refractivity contribution in [3.8, 4) is 0 Å². The van der Waals surface area contributed by atoms with Gasteiger partial charge in [-0.15, -0.1) is 0 Å². The van der Waals surface area contributed by atoms with Gasteiger partial charge in [-0.3, -0.25) is 9.36 Å². The average Bonchev–Trinajstić information content (AvgIpc) is 3.03. The highest BCUT2D eigenvalue weighted by Crippen LogP contribution is 2.30. The number of carbonyl (C=O) groups is 1. The molecule has 2 aromatic carbocycles. The van der Waals surface area contributed by atoms with E-state index in [0.29, 0.717) is 25.6 Å². The number of methoxy groups -OCH3 is 1. The van der Waals surface area contributed by atoms with Gasteiger partial charge < -0.3 is 4.74 Å². The molecule has 0 bridgehead atoms. The fourth-order valence-electron chi connectivity index (χ4n) is 3.35. The molecule has 0 fully saturated rings. The van der Waals surface area contributed by atoms with Gasteiger partial charge in [0.2, 0.25) is 0 Å². The average molecular weight is 425 g/mol. The monoisotopic (exact) mass is 424 g/mol. The van der Waals surface area contributed by atoms with E-state index in [4.69, 9.17) is 16.3 Å². The molecule has 0 radical (unpaired) electrons. The maximum absolute atomic E-state index is 13.3. The lowest BCUT2D eigenvalue weighted by Gasteiger charge is -2.24. The van der Waals surface area contributed by atoms with Crippen molar-refractivity contribution in [2.75, 3.05) is 7.11 Å². The molecule has 0 spiro atoms. The van der Waals surface area contributed by atoms with Crippen LogP contribution in [-0.2, 0) is 9.53 Å². The molecule has 3 aromatic rings. The Labute approximate surface area is 175 Å². The molecular formula is C22H17ClN2O3S. The topological polar surface area (TPSA) is 60.7 Å². The number of esters is 1. The second-order valence-corrected chi connectivity index (χ2v) is 7.98. The zero-order valence-electron chi connectivity index (χ0n) is 15.8. The zero-order chi connectivity index (χ0) is 20.5. The standard InChI is InChI=1S/C22H17ClN2O3S/c1-13-18(21(27)28-2)19(15-6-4-3-5-7-15)25-20(26)17(29-22(25)24-13)12-14-8-10-16(23)11-9-14/h3-12,19H,1-2H3/t19-/m0/s1. The summed E-state index contributed by atoms with van der Waals surface area (Å²) in [6, 6.07) is 16.1. The summed E-state index contributed by atoms with van der Waals surface area (Å²) in [5.41, 5.74) is 2.39. The fourth-order valence-corrected chi connectivity index (χ4v) is 4.53. The number of carbonyl (C=O) groups excluding carboxylic acids is 1. The van der Waals surface area contributed by atoms with Crippen molar-refractivity contribution >= 4 is 35.0 Å². The summed E-state index contributed by atoms with van der Waals surface area (Å²) >= 11 is 7.24. The summed E-state index contributed by atoms with van der Waals surface area (Å²) < 4.78 is 7.10. The van der Waals surface area contributed by atoms with Crippen molar-refractivity contribution in [3.63, 3.8) is 0 Å². The number of hydrogen-bond acceptors (Lipinski definition) is 5. The molecule has 0 saturated carbocycles. The molecule has 0 amide bonds. The van der Waals surface area contributed by atoms with Crippen molar-refractivity contribution in [2.45, 2.75) is 13.0 Å². The number of hydrogen-bond donors (Lipinski definition) is 0. The molecule has 0 unspecified atom stereocenters. The van der Waals surface area contributed by atoms with Gasteiger partial charge in [0.1, 0.15) is 0 Å². The van der Waals surface area contributed by atoms with Gasteiger partial charge in [-0.2, -0.15) is 0 Å². The Morgan fingerprint density at radius 1 is 1.17 bits per heavy atom. The zero-order valence-corrected chi connectivity index (χ0v) is 17.3. The van der Waals surface area contributed by atoms with Crippen molar-refractivity contribution < 1.29 is 9.53 Å². The number of allylic oxidation sites excluding steroid dienone is 1. The molecule has 2 heterocycles. The molecule has 146 valence electrons. The highest BCUT2D eigenvalue weighted by Gasteiger charge is 2.32. The van der Waals surface area contributed by atoms with E-state index < -0.39 is 12.0 Å². The minimum Gasteiger partial charge on any atom is -0.466 e. The van der Waals surface area contributed by atoms with Crippen LogP contribution in [0.3, 0.4) is 0 Å². The summed E-state index contributed by atoms with van der Waals surface area (Å²) in [6.45, 7) is 1.76. The Bertz CT molecular complexity index is 1290. The number of aromatic nitrogens is 1. The van der Waals surface area contributed by atoms with E-state index >= 15 is 0 Å². The fraction of sp³-hybridized carbons (Fsp3) is 0.136. The first-order valence-electron chi connectivity index (χ1n) is 8.91. The first-order chi connectivity index (χ1) is 14.0. The maximum Gasteiger partial charge on any atom is 0.338 e. The lowest BCUT2D eigenvalue weighted by Crippen LogP contribution is -2.39. The van der Waals surface area contributed by atoms with Crippen LogP contribution < -0.4 is 14.9 Å². The predicted octanol–water partition coefficient (Wildman–Crippen LogP) is 3.06. The van der Waals surface area contributed by atoms with Gasteiger partial charge in [0, 0.05) is 5.02 Å². The Hall–Kier alpha value is -2.96. The van der Waals surface area contributed by atoms with Gasteiger partial charge in [-0.1, -0.05) is 65.4 Å². The molecule has 7 heteroatoms. The van der Waals surface area contributed by atoms with Crippen molar-refractivity contribution in [1.29, 1.82) is 0 Å². The predicted molar refractivity (Wildman–Crippen MR) is 114 cm³/mol. The van der Waals surface area contributed by atoms with Crippen LogP contribution in [0, 0.1) is 0 Å². The molecule has 1 atom stereocenters. The number of thiazole rings is 1. The summed E-state index contributed by atoms with van der Waals surface area (Å²) in [6.07, 6.45) is 1.80. The lowest BCUT2D eigenvalue weighted by atomic mass is 9.96. The molecule has 0 N–H and O–H groups in total. The van der Waals surface area contributed by atoms with Crippen LogP contribution in [0.25, 0.3) is 6.08 Å². The molecular weight excluding hydrogens is 408 g/mol. The second kappa shape index (κ2) is 7.81. The summed E-state index contributed by atoms with van der Waals surface area (Å²) in [5.74, 6) is -0.493. The molecule has 5 nitrogen and oxygen atoms in total. The van der Waals surface area contributed by atoms with Crippen molar-refractivity contribution in [3.05, 3.63) is 102 Å². The SMILES string of the molecule is COC(=O)C1=C(C)N=c2sc(=Cc3ccc(Cl)cc3)c(=O)n2[C@H]1c1ccccc1. The highest BCUT2D eigenvalue weighted by molar-refractivity contribution is 7.07. The van der Waals surface area contributed by atoms with Crippen LogP contribution in [0.5, 0.6) is 0 Å². The molecule has 0 aliphatic carbocycles. The van der Waals surface area contributed by atoms with Crippen LogP contribution in [0.15, 0.2) is 75.7 Å². The van der Waals surface area contributed by atoms with Gasteiger partial charge in [0.05, 0.1) is 29.0 Å². The van der Waals surface area contributed by atoms with Crippen LogP contribution in [-0.4, -0.2) is 17.6 Å². The number of rotatable bonds is 3. The number of halogens is 1. The van der Waals surface area contributed by atoms with Crippen LogP contribution in [0.4, 0.5) is 0 Å². The largest absolute Gasteiger partial charge is 0.466 e. The maximum atomic E-state index is 13.3. The summed E-state index contributed by atoms with van der Waals surface area (Å²) in [4.78, 5) is 30.9. The summed E-state index contributed by atoms with van der Waals surface area (Å²) in [7, 11) is 1.33. The van der Waals surface area contributed by atoms with E-state index in [1.807, 2.05) is 42.5 Å². The van der Waals surface area contributed by atoms with E-state index in [9.17, 15) is 9.59 Å². The Morgan fingerprint density at radius 3 is 2.52 bits per heavy atom. The molecule has 1 aromatic heterocycles. The Morgan fingerprint density at radius 2 is 1.86 bits per heavy atom. The third kappa shape index (κ3) is 3.57. The van der Waals surface area contributed by atoms with Crippen molar-refractivity contribution in [1.82, 2.24) is 4.57 Å². The van der Waals surface area contributed by atoms with Gasteiger partial charge >= 0.3 is 5.97 Å². The van der Waals surface area contributed by atoms with E-state index in [1.165, 1.54) is 18.4 Å². The first-order valence-corrected chi connectivity index (χ1v) is 10.1.